The smallest absolute Gasteiger partial charge is 0.410 e. The summed E-state index contributed by atoms with van der Waals surface area (Å²) in [6.45, 7) is 7.09. The zero-order chi connectivity index (χ0) is 21.0. The Morgan fingerprint density at radius 1 is 1.07 bits per heavy atom. The van der Waals surface area contributed by atoms with Crippen LogP contribution in [-0.2, 0) is 10.0 Å². The molecule has 1 fully saturated rings. The molecule has 0 spiro atoms. The number of nitrogens with one attached hydrogen (secondary N) is 1. The van der Waals surface area contributed by atoms with Crippen LogP contribution >= 0.6 is 0 Å². The van der Waals surface area contributed by atoms with Gasteiger partial charge in [-0.05, 0) is 62.8 Å². The summed E-state index contributed by atoms with van der Waals surface area (Å²) in [5.74, 6) is 0.716. The Balaban J connectivity index is 1.53. The fraction of sp³-hybridized carbons (Fsp3) is 0.409. The predicted molar refractivity (Wildman–Crippen MR) is 113 cm³/mol. The van der Waals surface area contributed by atoms with Crippen molar-refractivity contribution in [1.82, 2.24) is 9.62 Å². The number of rotatable bonds is 5. The van der Waals surface area contributed by atoms with E-state index in [1.54, 1.807) is 17.0 Å². The van der Waals surface area contributed by atoms with Gasteiger partial charge in [-0.3, -0.25) is 0 Å². The number of carbonyl (C=O) groups excluding carboxylic acids is 1. The van der Waals surface area contributed by atoms with Crippen LogP contribution in [0.2, 0.25) is 0 Å². The first kappa shape index (κ1) is 21.3. The minimum Gasteiger partial charge on any atom is -0.410 e. The molecule has 0 radical (unpaired) electrons. The number of benzene rings is 2. The molecule has 0 bridgehead atoms. The normalized spacial score (nSPS) is 15.3. The lowest BCUT2D eigenvalue weighted by atomic mass is 9.97. The van der Waals surface area contributed by atoms with Crippen LogP contribution < -0.4 is 9.46 Å². The minimum absolute atomic E-state index is 0.191. The van der Waals surface area contributed by atoms with E-state index in [2.05, 4.69) is 4.72 Å². The molecular weight excluding hydrogens is 388 g/mol. The number of hydrogen-bond acceptors (Lipinski definition) is 4. The van der Waals surface area contributed by atoms with E-state index in [-0.39, 0.29) is 12.0 Å². The first-order valence-corrected chi connectivity index (χ1v) is 11.3. The molecule has 0 aliphatic carbocycles. The highest BCUT2D eigenvalue weighted by Gasteiger charge is 2.26. The van der Waals surface area contributed by atoms with E-state index in [1.807, 2.05) is 51.1 Å². The average Bonchev–Trinajstić information content (AvgIpc) is 2.66. The number of hydrogen-bond donors (Lipinski definition) is 1. The van der Waals surface area contributed by atoms with Crippen LogP contribution in [0.1, 0.15) is 29.5 Å². The van der Waals surface area contributed by atoms with Gasteiger partial charge in [-0.15, -0.1) is 0 Å². The molecule has 2 aromatic carbocycles. The molecule has 29 heavy (non-hydrogen) atoms. The summed E-state index contributed by atoms with van der Waals surface area (Å²) >= 11 is 0. The van der Waals surface area contributed by atoms with Crippen molar-refractivity contribution in [3.63, 3.8) is 0 Å². The van der Waals surface area contributed by atoms with Gasteiger partial charge in [0.05, 0.1) is 4.90 Å². The summed E-state index contributed by atoms with van der Waals surface area (Å²) in [6.07, 6.45) is 1.11. The van der Waals surface area contributed by atoms with Crippen LogP contribution in [0.4, 0.5) is 4.79 Å². The fourth-order valence-corrected chi connectivity index (χ4v) is 5.43. The quantitative estimate of drug-likeness (QED) is 0.804. The third-order valence-electron chi connectivity index (χ3n) is 5.26. The Morgan fingerprint density at radius 3 is 2.24 bits per heavy atom. The molecule has 6 nitrogen and oxygen atoms in total. The van der Waals surface area contributed by atoms with Crippen molar-refractivity contribution >= 4 is 16.1 Å². The Labute approximate surface area is 172 Å². The maximum absolute atomic E-state index is 12.8. The monoisotopic (exact) mass is 416 g/mol. The van der Waals surface area contributed by atoms with Crippen LogP contribution in [0.25, 0.3) is 0 Å². The molecule has 7 heteroatoms. The Morgan fingerprint density at radius 2 is 1.66 bits per heavy atom. The van der Waals surface area contributed by atoms with Gasteiger partial charge in [-0.1, -0.05) is 35.9 Å². The number of amides is 1. The molecule has 1 N–H and O–H groups in total. The third-order valence-corrected chi connectivity index (χ3v) is 6.98. The summed E-state index contributed by atoms with van der Waals surface area (Å²) in [7, 11) is -3.56. The topological polar surface area (TPSA) is 75.7 Å². The van der Waals surface area contributed by atoms with Gasteiger partial charge in [-0.2, -0.15) is 0 Å². The lowest BCUT2D eigenvalue weighted by Gasteiger charge is -2.31. The van der Waals surface area contributed by atoms with Crippen molar-refractivity contribution in [2.45, 2.75) is 38.5 Å². The largest absolute Gasteiger partial charge is 0.415 e. The van der Waals surface area contributed by atoms with E-state index in [9.17, 15) is 13.2 Å². The minimum atomic E-state index is -3.56. The van der Waals surface area contributed by atoms with E-state index in [4.69, 9.17) is 4.74 Å². The van der Waals surface area contributed by atoms with Crippen LogP contribution in [0.15, 0.2) is 47.4 Å². The van der Waals surface area contributed by atoms with Crippen molar-refractivity contribution in [2.24, 2.45) is 5.92 Å². The van der Waals surface area contributed by atoms with Gasteiger partial charge in [-0.25, -0.2) is 17.9 Å². The van der Waals surface area contributed by atoms with E-state index in [0.29, 0.717) is 30.3 Å². The maximum atomic E-state index is 12.8. The zero-order valence-electron chi connectivity index (χ0n) is 17.1. The van der Waals surface area contributed by atoms with Crippen LogP contribution in [0, 0.1) is 26.7 Å². The molecule has 2 aromatic rings. The molecule has 0 saturated carbocycles. The Kier molecular flexibility index (Phi) is 6.59. The lowest BCUT2D eigenvalue weighted by molar-refractivity contribution is 0.131. The molecular formula is C22H28N2O4S. The summed E-state index contributed by atoms with van der Waals surface area (Å²) < 4.78 is 33.8. The van der Waals surface area contributed by atoms with E-state index in [1.165, 1.54) is 0 Å². The SMILES string of the molecule is Cc1cc(C)c(S(=O)(=O)NCC2CCN(C(=O)Oc3ccccc3)CC2)c(C)c1. The number of para-hydroxylation sites is 1. The average molecular weight is 417 g/mol. The molecule has 156 valence electrons. The molecule has 1 aliphatic heterocycles. The first-order valence-electron chi connectivity index (χ1n) is 9.85. The van der Waals surface area contributed by atoms with Crippen LogP contribution in [0.5, 0.6) is 5.75 Å². The molecule has 1 amide bonds. The highest BCUT2D eigenvalue weighted by atomic mass is 32.2. The van der Waals surface area contributed by atoms with Gasteiger partial charge in [0.15, 0.2) is 0 Å². The van der Waals surface area contributed by atoms with Gasteiger partial charge in [0.25, 0.3) is 0 Å². The van der Waals surface area contributed by atoms with Crippen molar-refractivity contribution in [1.29, 1.82) is 0 Å². The predicted octanol–water partition coefficient (Wildman–Crippen LogP) is 3.80. The van der Waals surface area contributed by atoms with Crippen molar-refractivity contribution in [2.75, 3.05) is 19.6 Å². The second-order valence-electron chi connectivity index (χ2n) is 7.69. The molecule has 0 unspecified atom stereocenters. The number of ether oxygens (including phenoxy) is 1. The van der Waals surface area contributed by atoms with E-state index in [0.717, 1.165) is 29.5 Å². The number of likely N-dealkylation sites (tertiary alicyclic amines) is 1. The second-order valence-corrected chi connectivity index (χ2v) is 9.39. The van der Waals surface area contributed by atoms with Crippen molar-refractivity contribution in [3.05, 3.63) is 59.2 Å². The molecule has 1 heterocycles. The maximum Gasteiger partial charge on any atom is 0.415 e. The van der Waals surface area contributed by atoms with E-state index >= 15 is 0 Å². The Hall–Kier alpha value is -2.38. The summed E-state index contributed by atoms with van der Waals surface area (Å²) in [4.78, 5) is 14.3. The van der Waals surface area contributed by atoms with Gasteiger partial charge in [0, 0.05) is 19.6 Å². The second kappa shape index (κ2) is 8.97. The summed E-state index contributed by atoms with van der Waals surface area (Å²) in [6, 6.07) is 12.8. The lowest BCUT2D eigenvalue weighted by Crippen LogP contribution is -2.42. The van der Waals surface area contributed by atoms with Gasteiger partial charge in [0.1, 0.15) is 5.75 Å². The van der Waals surface area contributed by atoms with Crippen LogP contribution in [-0.4, -0.2) is 39.0 Å². The standard InChI is InChI=1S/C22H28N2O4S/c1-16-13-17(2)21(18(3)14-16)29(26,27)23-15-19-9-11-24(12-10-19)22(25)28-20-7-5-4-6-8-20/h4-8,13-14,19,23H,9-12,15H2,1-3H3. The van der Waals surface area contributed by atoms with Crippen molar-refractivity contribution < 1.29 is 17.9 Å². The van der Waals surface area contributed by atoms with Gasteiger partial charge >= 0.3 is 6.09 Å². The fourth-order valence-electron chi connectivity index (χ4n) is 3.86. The van der Waals surface area contributed by atoms with Crippen molar-refractivity contribution in [3.8, 4) is 5.75 Å². The number of sulfonamides is 1. The molecule has 1 aliphatic rings. The van der Waals surface area contributed by atoms with E-state index < -0.39 is 10.0 Å². The molecule has 1 saturated heterocycles. The first-order chi connectivity index (χ1) is 13.8. The molecule has 0 atom stereocenters. The highest BCUT2D eigenvalue weighted by Crippen LogP contribution is 2.23. The number of aryl methyl sites for hydroxylation is 3. The van der Waals surface area contributed by atoms with Gasteiger partial charge in [0.2, 0.25) is 10.0 Å². The molecule has 3 rings (SSSR count). The highest BCUT2D eigenvalue weighted by molar-refractivity contribution is 7.89. The number of carbonyl (C=O) groups is 1. The Bertz CT molecular complexity index is 943. The number of piperidine rings is 1. The zero-order valence-corrected chi connectivity index (χ0v) is 18.0. The summed E-state index contributed by atoms with van der Waals surface area (Å²) in [5.41, 5.74) is 2.57. The number of nitrogens with zero attached hydrogens (tertiary/aromatic N) is 1. The summed E-state index contributed by atoms with van der Waals surface area (Å²) in [5, 5.41) is 0. The third kappa shape index (κ3) is 5.36. The van der Waals surface area contributed by atoms with Gasteiger partial charge < -0.3 is 9.64 Å². The van der Waals surface area contributed by atoms with Crippen LogP contribution in [0.3, 0.4) is 0 Å². The molecule has 0 aromatic heterocycles.